The normalized spacial score (nSPS) is 12.8. The lowest BCUT2D eigenvalue weighted by Gasteiger charge is -2.34. The van der Waals surface area contributed by atoms with Crippen molar-refractivity contribution in [2.24, 2.45) is 5.41 Å². The zero-order valence-electron chi connectivity index (χ0n) is 22.3. The summed E-state index contributed by atoms with van der Waals surface area (Å²) in [7, 11) is -3.90. The first-order valence-electron chi connectivity index (χ1n) is 12.4. The van der Waals surface area contributed by atoms with Crippen molar-refractivity contribution < 1.29 is 12.6 Å². The molecule has 0 unspecified atom stereocenters. The van der Waals surface area contributed by atoms with Crippen LogP contribution in [0.2, 0.25) is 0 Å². The van der Waals surface area contributed by atoms with Gasteiger partial charge in [0.05, 0.1) is 5.41 Å². The minimum Gasteiger partial charge on any atom is -0.379 e. The van der Waals surface area contributed by atoms with Crippen LogP contribution in [0.15, 0.2) is 78.3 Å². The quantitative estimate of drug-likeness (QED) is 0.248. The van der Waals surface area contributed by atoms with Crippen LogP contribution in [0.25, 0.3) is 23.0 Å². The number of anilines is 1. The molecular formula is C30H35N3O3S. The minimum absolute atomic E-state index is 0.146. The van der Waals surface area contributed by atoms with Crippen LogP contribution in [-0.2, 0) is 10.1 Å². The molecule has 2 heterocycles. The van der Waals surface area contributed by atoms with E-state index < -0.39 is 10.1 Å². The number of aromatic nitrogens is 2. The monoisotopic (exact) mass is 517 g/mol. The molecule has 0 saturated heterocycles. The number of pyridine rings is 1. The molecule has 2 aromatic carbocycles. The molecule has 0 aliphatic heterocycles. The van der Waals surface area contributed by atoms with Gasteiger partial charge in [0.15, 0.2) is 0 Å². The van der Waals surface area contributed by atoms with Crippen LogP contribution in [-0.4, -0.2) is 23.3 Å². The number of fused-ring (bicyclic) bond motifs is 1. The van der Waals surface area contributed by atoms with E-state index in [1.807, 2.05) is 55.6 Å². The lowest BCUT2D eigenvalue weighted by molar-refractivity contribution is 0.302. The molecule has 0 aliphatic carbocycles. The highest BCUT2D eigenvalue weighted by Gasteiger charge is 2.28. The van der Waals surface area contributed by atoms with Crippen molar-refractivity contribution in [1.29, 1.82) is 0 Å². The number of benzene rings is 2. The van der Waals surface area contributed by atoms with Crippen LogP contribution in [0.4, 0.5) is 5.82 Å². The van der Waals surface area contributed by atoms with E-state index in [2.05, 4.69) is 56.5 Å². The second-order valence-corrected chi connectivity index (χ2v) is 12.7. The third-order valence-corrected chi connectivity index (χ3v) is 6.67. The number of imidazole rings is 1. The molecule has 4 aromatic rings. The van der Waals surface area contributed by atoms with Gasteiger partial charge in [-0.05, 0) is 86.2 Å². The summed E-state index contributed by atoms with van der Waals surface area (Å²) in [5.74, 6) is 1.14. The number of rotatable bonds is 8. The summed E-state index contributed by atoms with van der Waals surface area (Å²) in [5, 5.41) is 4.80. The summed E-state index contributed by atoms with van der Waals surface area (Å²) < 4.78 is 32.3. The van der Waals surface area contributed by atoms with Crippen molar-refractivity contribution in [2.45, 2.75) is 53.5 Å². The molecular weight excluding hydrogens is 482 g/mol. The lowest BCUT2D eigenvalue weighted by Crippen LogP contribution is -2.36. The van der Waals surface area contributed by atoms with Gasteiger partial charge in [-0.15, -0.1) is 0 Å². The van der Waals surface area contributed by atoms with Gasteiger partial charge in [0.25, 0.3) is 0 Å². The standard InChI is InChI=1S/C30H35N3O3S/c1-22-16-18-33-26(20-22)31-27(28(33)32-30(5,6)21-29(2,3)4)24-12-14-25(15-13-24)36-37(34,35)19-17-23-10-8-7-9-11-23/h7-20,32H,21H2,1-6H3/b19-17+. The van der Waals surface area contributed by atoms with Gasteiger partial charge in [-0.1, -0.05) is 51.1 Å². The highest BCUT2D eigenvalue weighted by Crippen LogP contribution is 2.35. The second kappa shape index (κ2) is 10.1. The van der Waals surface area contributed by atoms with Crippen LogP contribution in [0.5, 0.6) is 5.75 Å². The average molecular weight is 518 g/mol. The molecule has 0 saturated carbocycles. The van der Waals surface area contributed by atoms with E-state index in [0.29, 0.717) is 0 Å². The Kier molecular flexibility index (Phi) is 7.20. The summed E-state index contributed by atoms with van der Waals surface area (Å²) in [6.07, 6.45) is 4.50. The zero-order chi connectivity index (χ0) is 26.8. The number of aryl methyl sites for hydroxylation is 1. The van der Waals surface area contributed by atoms with Crippen LogP contribution >= 0.6 is 0 Å². The Morgan fingerprint density at radius 3 is 2.30 bits per heavy atom. The first-order chi connectivity index (χ1) is 17.3. The Hall–Kier alpha value is -3.58. The Balaban J connectivity index is 1.63. The van der Waals surface area contributed by atoms with Gasteiger partial charge >= 0.3 is 10.1 Å². The lowest BCUT2D eigenvalue weighted by atomic mass is 9.82. The Morgan fingerprint density at radius 1 is 0.973 bits per heavy atom. The largest absolute Gasteiger partial charge is 0.379 e. The summed E-state index contributed by atoms with van der Waals surface area (Å²) in [4.78, 5) is 4.92. The van der Waals surface area contributed by atoms with E-state index in [-0.39, 0.29) is 16.7 Å². The maximum absolute atomic E-state index is 12.5. The van der Waals surface area contributed by atoms with Gasteiger partial charge < -0.3 is 9.50 Å². The number of nitrogens with one attached hydrogen (secondary N) is 1. The predicted molar refractivity (Wildman–Crippen MR) is 152 cm³/mol. The number of hydrogen-bond donors (Lipinski definition) is 1. The molecule has 2 aromatic heterocycles. The summed E-state index contributed by atoms with van der Waals surface area (Å²) >= 11 is 0. The van der Waals surface area contributed by atoms with E-state index in [1.54, 1.807) is 12.1 Å². The van der Waals surface area contributed by atoms with Gasteiger partial charge in [-0.25, -0.2) is 4.98 Å². The van der Waals surface area contributed by atoms with E-state index in [9.17, 15) is 8.42 Å². The number of nitrogens with zero attached hydrogens (tertiary/aromatic N) is 2. The smallest absolute Gasteiger partial charge is 0.332 e. The third-order valence-electron chi connectivity index (χ3n) is 5.78. The van der Waals surface area contributed by atoms with Crippen molar-refractivity contribution in [3.63, 3.8) is 0 Å². The van der Waals surface area contributed by atoms with Gasteiger partial charge in [0.2, 0.25) is 0 Å². The molecule has 1 N–H and O–H groups in total. The van der Waals surface area contributed by atoms with Gasteiger partial charge in [-0.3, -0.25) is 4.40 Å². The maximum atomic E-state index is 12.5. The second-order valence-electron chi connectivity index (χ2n) is 11.3. The predicted octanol–water partition coefficient (Wildman–Crippen LogP) is 7.32. The van der Waals surface area contributed by atoms with Gasteiger partial charge in [0, 0.05) is 17.3 Å². The fourth-order valence-electron chi connectivity index (χ4n) is 4.71. The van der Waals surface area contributed by atoms with Gasteiger partial charge in [-0.2, -0.15) is 8.42 Å². The van der Waals surface area contributed by atoms with Crippen molar-refractivity contribution in [3.05, 3.63) is 89.5 Å². The van der Waals surface area contributed by atoms with Crippen LogP contribution in [0.3, 0.4) is 0 Å². The highest BCUT2D eigenvalue weighted by molar-refractivity contribution is 7.90. The van der Waals surface area contributed by atoms with Crippen molar-refractivity contribution in [1.82, 2.24) is 9.38 Å². The summed E-state index contributed by atoms with van der Waals surface area (Å²) in [6.45, 7) is 13.1. The molecule has 7 heteroatoms. The molecule has 4 rings (SSSR count). The van der Waals surface area contributed by atoms with Crippen LogP contribution < -0.4 is 9.50 Å². The SMILES string of the molecule is Cc1ccn2c(NC(C)(C)CC(C)(C)C)c(-c3ccc(OS(=O)(=O)/C=C/c4ccccc4)cc3)nc2c1. The van der Waals surface area contributed by atoms with Crippen molar-refractivity contribution >= 4 is 27.7 Å². The molecule has 0 bridgehead atoms. The zero-order valence-corrected chi connectivity index (χ0v) is 23.1. The topological polar surface area (TPSA) is 72.7 Å². The van der Waals surface area contributed by atoms with Crippen molar-refractivity contribution in [3.8, 4) is 17.0 Å². The van der Waals surface area contributed by atoms with Gasteiger partial charge in [0.1, 0.15) is 22.9 Å². The Labute approximate surface area is 220 Å². The summed E-state index contributed by atoms with van der Waals surface area (Å²) in [5.41, 5.74) is 4.37. The first kappa shape index (κ1) is 26.5. The fourth-order valence-corrected chi connectivity index (χ4v) is 5.47. The molecule has 37 heavy (non-hydrogen) atoms. The van der Waals surface area contributed by atoms with Crippen LogP contribution in [0, 0.1) is 12.3 Å². The van der Waals surface area contributed by atoms with Crippen molar-refractivity contribution in [2.75, 3.05) is 5.32 Å². The van der Waals surface area contributed by atoms with E-state index in [0.717, 1.165) is 45.7 Å². The van der Waals surface area contributed by atoms with E-state index >= 15 is 0 Å². The first-order valence-corrected chi connectivity index (χ1v) is 13.8. The van der Waals surface area contributed by atoms with E-state index in [4.69, 9.17) is 9.17 Å². The minimum atomic E-state index is -3.90. The maximum Gasteiger partial charge on any atom is 0.332 e. The Bertz CT molecular complexity index is 1510. The fraction of sp³-hybridized carbons (Fsp3) is 0.300. The molecule has 194 valence electrons. The molecule has 0 aliphatic rings. The molecule has 0 spiro atoms. The Morgan fingerprint density at radius 2 is 1.65 bits per heavy atom. The molecule has 0 atom stereocenters. The average Bonchev–Trinajstić information content (AvgIpc) is 3.13. The third kappa shape index (κ3) is 7.01. The summed E-state index contributed by atoms with van der Waals surface area (Å²) in [6, 6.07) is 20.3. The molecule has 0 amide bonds. The number of hydrogen-bond acceptors (Lipinski definition) is 5. The molecule has 0 radical (unpaired) electrons. The van der Waals surface area contributed by atoms with E-state index in [1.165, 1.54) is 6.08 Å². The molecule has 0 fully saturated rings. The highest BCUT2D eigenvalue weighted by atomic mass is 32.2. The van der Waals surface area contributed by atoms with Crippen LogP contribution in [0.1, 0.15) is 52.2 Å². The molecule has 6 nitrogen and oxygen atoms in total.